The van der Waals surface area contributed by atoms with Crippen molar-refractivity contribution in [3.8, 4) is 11.5 Å². The van der Waals surface area contributed by atoms with Crippen LogP contribution in [0.15, 0.2) is 65.1 Å². The number of furan rings is 1. The van der Waals surface area contributed by atoms with E-state index in [-0.39, 0.29) is 23.8 Å². The van der Waals surface area contributed by atoms with Gasteiger partial charge in [-0.05, 0) is 42.5 Å². The first kappa shape index (κ1) is 19.6. The molecule has 2 N–H and O–H groups in total. The number of anilines is 2. The highest BCUT2D eigenvalue weighted by Gasteiger charge is 2.24. The molecule has 0 fully saturated rings. The largest absolute Gasteiger partial charge is 0.454 e. The van der Waals surface area contributed by atoms with Gasteiger partial charge in [0.25, 0.3) is 11.8 Å². The number of carbonyl (C=O) groups is 2. The van der Waals surface area contributed by atoms with E-state index in [1.807, 2.05) is 0 Å². The lowest BCUT2D eigenvalue weighted by atomic mass is 10.1. The highest BCUT2D eigenvalue weighted by atomic mass is 19.2. The van der Waals surface area contributed by atoms with Crippen LogP contribution in [-0.2, 0) is 0 Å². The van der Waals surface area contributed by atoms with Crippen LogP contribution in [-0.4, -0.2) is 18.6 Å². The van der Waals surface area contributed by atoms with Crippen LogP contribution in [0.5, 0.6) is 11.5 Å². The molecule has 0 saturated heterocycles. The van der Waals surface area contributed by atoms with Crippen LogP contribution in [0.1, 0.15) is 20.9 Å². The molecule has 0 bridgehead atoms. The van der Waals surface area contributed by atoms with Gasteiger partial charge in [-0.1, -0.05) is 12.1 Å². The number of benzene rings is 3. The van der Waals surface area contributed by atoms with Gasteiger partial charge in [0.1, 0.15) is 11.3 Å². The van der Waals surface area contributed by atoms with Gasteiger partial charge in [0.2, 0.25) is 12.6 Å². The quantitative estimate of drug-likeness (QED) is 0.473. The van der Waals surface area contributed by atoms with Crippen molar-refractivity contribution in [2.75, 3.05) is 17.4 Å². The van der Waals surface area contributed by atoms with E-state index in [1.165, 1.54) is 0 Å². The van der Waals surface area contributed by atoms with Crippen LogP contribution in [0.2, 0.25) is 0 Å². The lowest BCUT2D eigenvalue weighted by molar-refractivity contribution is 0.0999. The second kappa shape index (κ2) is 7.69. The Kier molecular flexibility index (Phi) is 4.70. The Bertz CT molecular complexity index is 1380. The molecule has 1 aliphatic rings. The lowest BCUT2D eigenvalue weighted by Gasteiger charge is -2.08. The predicted octanol–water partition coefficient (Wildman–Crippen LogP) is 4.94. The fourth-order valence-corrected chi connectivity index (χ4v) is 3.31. The van der Waals surface area contributed by atoms with Crippen molar-refractivity contribution in [2.45, 2.75) is 0 Å². The number of ether oxygens (including phenoxy) is 2. The Morgan fingerprint density at radius 3 is 2.47 bits per heavy atom. The summed E-state index contributed by atoms with van der Waals surface area (Å²) in [6.45, 7) is 0.0937. The highest BCUT2D eigenvalue weighted by Crippen LogP contribution is 2.35. The van der Waals surface area contributed by atoms with Gasteiger partial charge in [-0.15, -0.1) is 0 Å². The summed E-state index contributed by atoms with van der Waals surface area (Å²) in [5, 5.41) is 5.74. The molecule has 0 spiro atoms. The minimum Gasteiger partial charge on any atom is -0.454 e. The molecule has 3 aromatic carbocycles. The van der Waals surface area contributed by atoms with Crippen LogP contribution in [0.4, 0.5) is 20.2 Å². The fourth-order valence-electron chi connectivity index (χ4n) is 3.31. The molecule has 32 heavy (non-hydrogen) atoms. The summed E-state index contributed by atoms with van der Waals surface area (Å²) in [4.78, 5) is 25.7. The van der Waals surface area contributed by atoms with Gasteiger partial charge in [0.05, 0.1) is 0 Å². The number of carbonyl (C=O) groups excluding carboxylic acids is 2. The molecule has 1 aliphatic heterocycles. The molecular weight excluding hydrogens is 422 g/mol. The second-order valence-corrected chi connectivity index (χ2v) is 6.91. The van der Waals surface area contributed by atoms with Crippen molar-refractivity contribution in [3.63, 3.8) is 0 Å². The molecule has 9 heteroatoms. The molecule has 7 nitrogen and oxygen atoms in total. The summed E-state index contributed by atoms with van der Waals surface area (Å²) in [6, 6.07) is 14.4. The Hall–Kier alpha value is -4.40. The number of fused-ring (bicyclic) bond motifs is 2. The van der Waals surface area contributed by atoms with Crippen molar-refractivity contribution in [3.05, 3.63) is 83.6 Å². The Balaban J connectivity index is 1.47. The van der Waals surface area contributed by atoms with E-state index in [2.05, 4.69) is 10.6 Å². The Morgan fingerprint density at radius 1 is 0.812 bits per heavy atom. The average molecular weight is 436 g/mol. The Labute approximate surface area is 179 Å². The number of hydrogen-bond acceptors (Lipinski definition) is 5. The molecule has 0 radical (unpaired) electrons. The molecule has 4 aromatic rings. The van der Waals surface area contributed by atoms with E-state index in [1.54, 1.807) is 42.5 Å². The van der Waals surface area contributed by atoms with E-state index < -0.39 is 23.4 Å². The van der Waals surface area contributed by atoms with E-state index >= 15 is 0 Å². The molecule has 160 valence electrons. The minimum absolute atomic E-state index is 0.0937. The highest BCUT2D eigenvalue weighted by molar-refractivity contribution is 6.16. The molecule has 1 aromatic heterocycles. The maximum absolute atomic E-state index is 13.6. The normalized spacial score (nSPS) is 12.1. The molecule has 0 atom stereocenters. The first-order valence-corrected chi connectivity index (χ1v) is 9.48. The summed E-state index contributed by atoms with van der Waals surface area (Å²) in [6.07, 6.45) is 0. The molecule has 0 unspecified atom stereocenters. The fraction of sp³-hybridized carbons (Fsp3) is 0.0435. The molecule has 0 aliphatic carbocycles. The number of para-hydroxylation sites is 1. The topological polar surface area (TPSA) is 89.8 Å². The van der Waals surface area contributed by atoms with Gasteiger partial charge >= 0.3 is 0 Å². The molecular formula is C23H14F2N2O5. The van der Waals surface area contributed by atoms with Crippen molar-refractivity contribution in [1.82, 2.24) is 0 Å². The minimum atomic E-state index is -1.16. The monoisotopic (exact) mass is 436 g/mol. The maximum Gasteiger partial charge on any atom is 0.293 e. The van der Waals surface area contributed by atoms with Gasteiger partial charge in [-0.3, -0.25) is 9.59 Å². The number of nitrogens with one attached hydrogen (secondary N) is 2. The number of halogens is 2. The van der Waals surface area contributed by atoms with Crippen LogP contribution in [0.25, 0.3) is 11.0 Å². The first-order chi connectivity index (χ1) is 15.5. The molecule has 2 amide bonds. The standard InChI is InChI=1S/C23H14F2N2O5/c24-15-7-5-12(9-16(15)25)22(28)27-20-14-3-1-2-4-17(14)32-21(20)23(29)26-13-6-8-18-19(10-13)31-11-30-18/h1-10H,11H2,(H,26,29)(H,27,28). The van der Waals surface area contributed by atoms with Gasteiger partial charge in [-0.25, -0.2) is 8.78 Å². The zero-order chi connectivity index (χ0) is 22.2. The average Bonchev–Trinajstić information content (AvgIpc) is 3.40. The SMILES string of the molecule is O=C(Nc1c(C(=O)Nc2ccc3c(c2)OCO3)oc2ccccc12)c1ccc(F)c(F)c1. The third-order valence-corrected chi connectivity index (χ3v) is 4.85. The second-order valence-electron chi connectivity index (χ2n) is 6.91. The van der Waals surface area contributed by atoms with E-state index in [4.69, 9.17) is 13.9 Å². The first-order valence-electron chi connectivity index (χ1n) is 9.48. The third kappa shape index (κ3) is 3.49. The smallest absolute Gasteiger partial charge is 0.293 e. The van der Waals surface area contributed by atoms with Crippen molar-refractivity contribution < 1.29 is 32.3 Å². The van der Waals surface area contributed by atoms with Gasteiger partial charge in [0.15, 0.2) is 23.1 Å². The van der Waals surface area contributed by atoms with Crippen LogP contribution in [0, 0.1) is 11.6 Å². The molecule has 0 saturated carbocycles. The zero-order valence-corrected chi connectivity index (χ0v) is 16.3. The van der Waals surface area contributed by atoms with Gasteiger partial charge in [0, 0.05) is 22.7 Å². The number of hydrogen-bond donors (Lipinski definition) is 2. The van der Waals surface area contributed by atoms with E-state index in [0.717, 1.165) is 18.2 Å². The van der Waals surface area contributed by atoms with Crippen LogP contribution < -0.4 is 20.1 Å². The van der Waals surface area contributed by atoms with E-state index in [9.17, 15) is 18.4 Å². The van der Waals surface area contributed by atoms with Crippen molar-refractivity contribution in [1.29, 1.82) is 0 Å². The summed E-state index contributed by atoms with van der Waals surface area (Å²) >= 11 is 0. The zero-order valence-electron chi connectivity index (χ0n) is 16.3. The van der Waals surface area contributed by atoms with Gasteiger partial charge < -0.3 is 24.5 Å². The lowest BCUT2D eigenvalue weighted by Crippen LogP contribution is -2.17. The predicted molar refractivity (Wildman–Crippen MR) is 111 cm³/mol. The summed E-state index contributed by atoms with van der Waals surface area (Å²) < 4.78 is 43.0. The van der Waals surface area contributed by atoms with Crippen LogP contribution in [0.3, 0.4) is 0 Å². The van der Waals surface area contributed by atoms with Crippen molar-refractivity contribution >= 4 is 34.2 Å². The summed E-state index contributed by atoms with van der Waals surface area (Å²) in [5.74, 6) is -2.69. The summed E-state index contributed by atoms with van der Waals surface area (Å²) in [7, 11) is 0. The molecule has 5 rings (SSSR count). The summed E-state index contributed by atoms with van der Waals surface area (Å²) in [5.41, 5.74) is 0.784. The third-order valence-electron chi connectivity index (χ3n) is 4.85. The van der Waals surface area contributed by atoms with E-state index in [0.29, 0.717) is 28.2 Å². The molecule has 2 heterocycles. The Morgan fingerprint density at radius 2 is 1.62 bits per heavy atom. The van der Waals surface area contributed by atoms with Gasteiger partial charge in [-0.2, -0.15) is 0 Å². The maximum atomic E-state index is 13.6. The number of rotatable bonds is 4. The van der Waals surface area contributed by atoms with Crippen molar-refractivity contribution in [2.24, 2.45) is 0 Å². The van der Waals surface area contributed by atoms with Crippen LogP contribution >= 0.6 is 0 Å². The number of amides is 2.